The lowest BCUT2D eigenvalue weighted by molar-refractivity contribution is -0.384. The van der Waals surface area contributed by atoms with Crippen molar-refractivity contribution in [3.63, 3.8) is 0 Å². The molecule has 2 aromatic rings. The van der Waals surface area contributed by atoms with E-state index in [2.05, 4.69) is 5.32 Å². The van der Waals surface area contributed by atoms with E-state index in [1.165, 1.54) is 12.1 Å². The van der Waals surface area contributed by atoms with Gasteiger partial charge in [0.2, 0.25) is 0 Å². The zero-order valence-corrected chi connectivity index (χ0v) is 11.0. The normalized spacial score (nSPS) is 10.1. The van der Waals surface area contributed by atoms with E-state index in [4.69, 9.17) is 0 Å². The van der Waals surface area contributed by atoms with Crippen molar-refractivity contribution in [3.8, 4) is 0 Å². The average molecular weight is 270 g/mol. The predicted molar refractivity (Wildman–Crippen MR) is 77.1 cm³/mol. The van der Waals surface area contributed by atoms with Gasteiger partial charge in [-0.1, -0.05) is 30.3 Å². The van der Waals surface area contributed by atoms with Crippen LogP contribution in [-0.2, 0) is 0 Å². The van der Waals surface area contributed by atoms with Crippen molar-refractivity contribution in [2.24, 2.45) is 0 Å². The highest BCUT2D eigenvalue weighted by Gasteiger charge is 2.17. The molecule has 0 saturated carbocycles. The topological polar surface area (TPSA) is 72.2 Å². The monoisotopic (exact) mass is 270 g/mol. The van der Waals surface area contributed by atoms with E-state index in [1.54, 1.807) is 30.3 Å². The largest absolute Gasteiger partial charge is 0.385 e. The van der Waals surface area contributed by atoms with E-state index in [0.29, 0.717) is 23.4 Å². The summed E-state index contributed by atoms with van der Waals surface area (Å²) in [5.74, 6) is -0.231. The Kier molecular flexibility index (Phi) is 4.10. The Morgan fingerprint density at radius 1 is 1.20 bits per heavy atom. The Bertz CT molecular complexity index is 639. The fraction of sp³-hybridized carbons (Fsp3) is 0.133. The van der Waals surface area contributed by atoms with Crippen molar-refractivity contribution in [3.05, 3.63) is 69.8 Å². The van der Waals surface area contributed by atoms with Crippen molar-refractivity contribution < 1.29 is 9.72 Å². The summed E-state index contributed by atoms with van der Waals surface area (Å²) in [5.41, 5.74) is 1.33. The first kappa shape index (κ1) is 13.7. The van der Waals surface area contributed by atoms with E-state index in [-0.39, 0.29) is 11.5 Å². The molecule has 0 bridgehead atoms. The van der Waals surface area contributed by atoms with Gasteiger partial charge in [-0.25, -0.2) is 0 Å². The predicted octanol–water partition coefficient (Wildman–Crippen LogP) is 3.26. The van der Waals surface area contributed by atoms with Crippen LogP contribution >= 0.6 is 0 Å². The lowest BCUT2D eigenvalue weighted by Gasteiger charge is -2.09. The standard InChI is InChI=1S/C15H14N2O3/c1-2-16-14-9-8-12(17(19)20)10-13(14)15(18)11-6-4-3-5-7-11/h3-10,16H,2H2,1H3. The highest BCUT2D eigenvalue weighted by atomic mass is 16.6. The molecule has 5 heteroatoms. The molecule has 0 aliphatic carbocycles. The molecule has 1 N–H and O–H groups in total. The molecule has 0 aromatic heterocycles. The second-order valence-electron chi connectivity index (χ2n) is 4.21. The fourth-order valence-electron chi connectivity index (χ4n) is 1.92. The van der Waals surface area contributed by atoms with Gasteiger partial charge in [0.25, 0.3) is 5.69 Å². The second kappa shape index (κ2) is 5.97. The second-order valence-corrected chi connectivity index (χ2v) is 4.21. The van der Waals surface area contributed by atoms with Crippen molar-refractivity contribution in [2.45, 2.75) is 6.92 Å². The summed E-state index contributed by atoms with van der Waals surface area (Å²) in [6.45, 7) is 2.53. The molecule has 0 atom stereocenters. The summed E-state index contributed by atoms with van der Waals surface area (Å²) < 4.78 is 0. The molecule has 0 fully saturated rings. The first-order chi connectivity index (χ1) is 9.63. The molecule has 5 nitrogen and oxygen atoms in total. The first-order valence-electron chi connectivity index (χ1n) is 6.25. The van der Waals surface area contributed by atoms with E-state index < -0.39 is 4.92 Å². The van der Waals surface area contributed by atoms with Gasteiger partial charge in [0.15, 0.2) is 5.78 Å². The third-order valence-corrected chi connectivity index (χ3v) is 2.86. The SMILES string of the molecule is CCNc1ccc([N+](=O)[O-])cc1C(=O)c1ccccc1. The van der Waals surface area contributed by atoms with Crippen molar-refractivity contribution in [2.75, 3.05) is 11.9 Å². The summed E-state index contributed by atoms with van der Waals surface area (Å²) in [4.78, 5) is 22.8. The van der Waals surface area contributed by atoms with Crippen LogP contribution in [0.15, 0.2) is 48.5 Å². The molecular weight excluding hydrogens is 256 g/mol. The Balaban J connectivity index is 2.49. The van der Waals surface area contributed by atoms with Crippen LogP contribution in [0.3, 0.4) is 0 Å². The Morgan fingerprint density at radius 3 is 2.50 bits per heavy atom. The van der Waals surface area contributed by atoms with Gasteiger partial charge in [-0.15, -0.1) is 0 Å². The summed E-state index contributed by atoms with van der Waals surface area (Å²) >= 11 is 0. The van der Waals surface area contributed by atoms with Crippen molar-refractivity contribution in [1.82, 2.24) is 0 Å². The maximum absolute atomic E-state index is 12.5. The zero-order valence-electron chi connectivity index (χ0n) is 11.0. The first-order valence-corrected chi connectivity index (χ1v) is 6.25. The number of nitrogens with one attached hydrogen (secondary N) is 1. The number of carbonyl (C=O) groups excluding carboxylic acids is 1. The van der Waals surface area contributed by atoms with Gasteiger partial charge >= 0.3 is 0 Å². The van der Waals surface area contributed by atoms with Crippen molar-refractivity contribution >= 4 is 17.2 Å². The molecule has 102 valence electrons. The Hall–Kier alpha value is -2.69. The zero-order chi connectivity index (χ0) is 14.5. The lowest BCUT2D eigenvalue weighted by Crippen LogP contribution is -2.08. The number of nitrogens with zero attached hydrogens (tertiary/aromatic N) is 1. The van der Waals surface area contributed by atoms with Crippen molar-refractivity contribution in [1.29, 1.82) is 0 Å². The minimum absolute atomic E-state index is 0.0917. The maximum Gasteiger partial charge on any atom is 0.270 e. The Labute approximate surface area is 116 Å². The number of nitro groups is 1. The summed E-state index contributed by atoms with van der Waals surface area (Å²) in [7, 11) is 0. The molecule has 20 heavy (non-hydrogen) atoms. The highest BCUT2D eigenvalue weighted by Crippen LogP contribution is 2.24. The quantitative estimate of drug-likeness (QED) is 0.514. The van der Waals surface area contributed by atoms with Gasteiger partial charge in [0, 0.05) is 29.9 Å². The molecule has 0 aliphatic rings. The smallest absolute Gasteiger partial charge is 0.270 e. The Morgan fingerprint density at radius 2 is 1.90 bits per heavy atom. The molecule has 0 heterocycles. The number of hydrogen-bond donors (Lipinski definition) is 1. The number of nitro benzene ring substituents is 1. The van der Waals surface area contributed by atoms with E-state index in [0.717, 1.165) is 0 Å². The van der Waals surface area contributed by atoms with Crippen LogP contribution in [0, 0.1) is 10.1 Å². The number of ketones is 1. The third-order valence-electron chi connectivity index (χ3n) is 2.86. The number of rotatable bonds is 5. The molecule has 0 unspecified atom stereocenters. The van der Waals surface area contributed by atoms with Crippen LogP contribution in [0.5, 0.6) is 0 Å². The van der Waals surface area contributed by atoms with Gasteiger partial charge in [-0.3, -0.25) is 14.9 Å². The maximum atomic E-state index is 12.5. The molecule has 0 radical (unpaired) electrons. The molecule has 0 amide bonds. The van der Waals surface area contributed by atoms with E-state index in [9.17, 15) is 14.9 Å². The molecular formula is C15H14N2O3. The minimum Gasteiger partial charge on any atom is -0.385 e. The lowest BCUT2D eigenvalue weighted by atomic mass is 10.0. The van der Waals surface area contributed by atoms with Crippen LogP contribution < -0.4 is 5.32 Å². The van der Waals surface area contributed by atoms with Crippen LogP contribution in [0.2, 0.25) is 0 Å². The summed E-state index contributed by atoms with van der Waals surface area (Å²) in [5, 5.41) is 13.9. The molecule has 0 aliphatic heterocycles. The fourth-order valence-corrected chi connectivity index (χ4v) is 1.92. The number of anilines is 1. The van der Waals surface area contributed by atoms with Gasteiger partial charge in [-0.05, 0) is 13.0 Å². The number of benzene rings is 2. The molecule has 0 saturated heterocycles. The van der Waals surface area contributed by atoms with E-state index >= 15 is 0 Å². The van der Waals surface area contributed by atoms with Crippen LogP contribution in [-0.4, -0.2) is 17.3 Å². The van der Waals surface area contributed by atoms with Gasteiger partial charge in [0.1, 0.15) is 0 Å². The van der Waals surface area contributed by atoms with Crippen LogP contribution in [0.25, 0.3) is 0 Å². The third kappa shape index (κ3) is 2.83. The molecule has 2 aromatic carbocycles. The van der Waals surface area contributed by atoms with Crippen LogP contribution in [0.4, 0.5) is 11.4 Å². The summed E-state index contributed by atoms with van der Waals surface area (Å²) in [6, 6.07) is 13.0. The summed E-state index contributed by atoms with van der Waals surface area (Å²) in [6.07, 6.45) is 0. The van der Waals surface area contributed by atoms with Crippen LogP contribution in [0.1, 0.15) is 22.8 Å². The number of non-ortho nitro benzene ring substituents is 1. The molecule has 2 rings (SSSR count). The molecule has 0 spiro atoms. The van der Waals surface area contributed by atoms with Gasteiger partial charge in [-0.2, -0.15) is 0 Å². The minimum atomic E-state index is -0.502. The number of hydrogen-bond acceptors (Lipinski definition) is 4. The van der Waals surface area contributed by atoms with E-state index in [1.807, 2.05) is 13.0 Å². The van der Waals surface area contributed by atoms with Gasteiger partial charge in [0.05, 0.1) is 10.5 Å². The van der Waals surface area contributed by atoms with Gasteiger partial charge < -0.3 is 5.32 Å². The average Bonchev–Trinajstić information content (AvgIpc) is 2.48. The number of carbonyl (C=O) groups is 1. The highest BCUT2D eigenvalue weighted by molar-refractivity contribution is 6.12.